The molecule has 16 heteroatoms. The molecule has 1 amide bonds. The molecule has 2 aliphatic heterocycles. The minimum Gasteiger partial charge on any atom is -0.475 e. The lowest BCUT2D eigenvalue weighted by atomic mass is 9.82. The van der Waals surface area contributed by atoms with Crippen LogP contribution in [0.3, 0.4) is 0 Å². The number of aliphatic carboxylic acids is 2. The summed E-state index contributed by atoms with van der Waals surface area (Å²) in [6, 6.07) is 1.84. The second-order valence-corrected chi connectivity index (χ2v) is 8.79. The maximum Gasteiger partial charge on any atom is 0.490 e. The highest BCUT2D eigenvalue weighted by molar-refractivity contribution is 5.87. The van der Waals surface area contributed by atoms with Crippen LogP contribution in [0, 0.1) is 5.92 Å². The molecule has 1 saturated carbocycles. The number of carboxylic acid groups (broad SMARTS) is 2. The Bertz CT molecular complexity index is 910. The molecule has 0 atom stereocenters. The van der Waals surface area contributed by atoms with Crippen molar-refractivity contribution < 1.29 is 50.9 Å². The van der Waals surface area contributed by atoms with Gasteiger partial charge in [-0.25, -0.2) is 19.6 Å². The molecule has 1 aromatic heterocycles. The van der Waals surface area contributed by atoms with Gasteiger partial charge in [-0.05, 0) is 44.7 Å². The van der Waals surface area contributed by atoms with Crippen LogP contribution in [0.2, 0.25) is 0 Å². The number of nitrogens with zero attached hydrogens (tertiary/aromatic N) is 5. The Labute approximate surface area is 207 Å². The lowest BCUT2D eigenvalue weighted by molar-refractivity contribution is -0.193. The van der Waals surface area contributed by atoms with Crippen molar-refractivity contribution in [2.75, 3.05) is 44.7 Å². The first-order valence-electron chi connectivity index (χ1n) is 11.2. The molecule has 1 aromatic rings. The molecule has 3 heterocycles. The van der Waals surface area contributed by atoms with Crippen molar-refractivity contribution in [2.24, 2.45) is 5.92 Å². The lowest BCUT2D eigenvalue weighted by Crippen LogP contribution is -2.68. The van der Waals surface area contributed by atoms with Crippen molar-refractivity contribution in [2.45, 2.75) is 43.6 Å². The number of amides is 1. The van der Waals surface area contributed by atoms with Crippen LogP contribution in [-0.2, 0) is 14.4 Å². The molecule has 2 saturated heterocycles. The van der Waals surface area contributed by atoms with Crippen molar-refractivity contribution >= 4 is 23.8 Å². The molecule has 2 N–H and O–H groups in total. The van der Waals surface area contributed by atoms with Crippen LogP contribution in [-0.4, -0.2) is 105 Å². The highest BCUT2D eigenvalue weighted by Gasteiger charge is 2.50. The van der Waals surface area contributed by atoms with Crippen molar-refractivity contribution in [3.05, 3.63) is 18.5 Å². The number of piperidine rings is 1. The normalized spacial score (nSPS) is 19.9. The van der Waals surface area contributed by atoms with Crippen molar-refractivity contribution in [1.29, 1.82) is 0 Å². The predicted octanol–water partition coefficient (Wildman–Crippen LogP) is 2.27. The first kappa shape index (κ1) is 30.1. The van der Waals surface area contributed by atoms with Gasteiger partial charge >= 0.3 is 24.3 Å². The molecule has 1 spiro atoms. The maximum absolute atomic E-state index is 13.2. The molecule has 37 heavy (non-hydrogen) atoms. The van der Waals surface area contributed by atoms with Crippen LogP contribution >= 0.6 is 0 Å². The Morgan fingerprint density at radius 2 is 1.41 bits per heavy atom. The van der Waals surface area contributed by atoms with Crippen LogP contribution in [0.5, 0.6) is 0 Å². The minimum absolute atomic E-state index is 0.307. The molecule has 3 fully saturated rings. The molecule has 10 nitrogen and oxygen atoms in total. The van der Waals surface area contributed by atoms with Crippen molar-refractivity contribution in [3.63, 3.8) is 0 Å². The topological polar surface area (TPSA) is 127 Å². The quantitative estimate of drug-likeness (QED) is 0.552. The number of aromatic nitrogens is 2. The van der Waals surface area contributed by atoms with E-state index in [9.17, 15) is 31.1 Å². The number of carbonyl (C=O) groups is 3. The number of rotatable bonds is 3. The number of hydrogen-bond donors (Lipinski definition) is 2. The molecule has 4 rings (SSSR count). The second-order valence-electron chi connectivity index (χ2n) is 8.79. The average molecular weight is 543 g/mol. The van der Waals surface area contributed by atoms with Gasteiger partial charge in [-0.15, -0.1) is 0 Å². The van der Waals surface area contributed by atoms with Gasteiger partial charge in [-0.3, -0.25) is 9.69 Å². The molecule has 0 unspecified atom stereocenters. The SMILES string of the molecule is CN1CCN(CC2CC2)C(=O)C12CCN(c1ncccn1)CC2.O=C(O)C(F)(F)F.O=C(O)C(F)(F)F. The number of piperazine rings is 1. The molecule has 0 aromatic carbocycles. The first-order valence-corrected chi connectivity index (χ1v) is 11.2. The van der Waals surface area contributed by atoms with E-state index >= 15 is 0 Å². The Morgan fingerprint density at radius 1 is 0.946 bits per heavy atom. The van der Waals surface area contributed by atoms with E-state index in [4.69, 9.17) is 19.8 Å². The molecule has 0 radical (unpaired) electrons. The maximum atomic E-state index is 13.2. The largest absolute Gasteiger partial charge is 0.490 e. The molecular weight excluding hydrogens is 516 g/mol. The number of anilines is 1. The number of carbonyl (C=O) groups excluding carboxylic acids is 1. The van der Waals surface area contributed by atoms with E-state index in [-0.39, 0.29) is 5.54 Å². The van der Waals surface area contributed by atoms with Crippen LogP contribution in [0.25, 0.3) is 0 Å². The fourth-order valence-electron chi connectivity index (χ4n) is 3.96. The summed E-state index contributed by atoms with van der Waals surface area (Å²) in [5, 5.41) is 14.2. The summed E-state index contributed by atoms with van der Waals surface area (Å²) in [6.07, 6.45) is -2.29. The molecule has 1 aliphatic carbocycles. The third kappa shape index (κ3) is 8.43. The van der Waals surface area contributed by atoms with Crippen molar-refractivity contribution in [1.82, 2.24) is 19.8 Å². The van der Waals surface area contributed by atoms with E-state index in [0.717, 1.165) is 57.4 Å². The summed E-state index contributed by atoms with van der Waals surface area (Å²) < 4.78 is 63.5. The van der Waals surface area contributed by atoms with Gasteiger partial charge in [-0.1, -0.05) is 0 Å². The second kappa shape index (κ2) is 11.9. The number of carboxylic acids is 2. The highest BCUT2D eigenvalue weighted by Crippen LogP contribution is 2.36. The predicted molar refractivity (Wildman–Crippen MR) is 116 cm³/mol. The Kier molecular flexibility index (Phi) is 9.68. The molecular formula is C21H27F6N5O5. The smallest absolute Gasteiger partial charge is 0.475 e. The van der Waals surface area contributed by atoms with Gasteiger partial charge in [0, 0.05) is 45.1 Å². The average Bonchev–Trinajstić information content (AvgIpc) is 3.64. The van der Waals surface area contributed by atoms with Gasteiger partial charge in [-0.2, -0.15) is 26.3 Å². The Morgan fingerprint density at radius 3 is 1.81 bits per heavy atom. The van der Waals surface area contributed by atoms with Gasteiger partial charge in [0.15, 0.2) is 0 Å². The molecule has 0 bridgehead atoms. The molecule has 3 aliphatic rings. The summed E-state index contributed by atoms with van der Waals surface area (Å²) >= 11 is 0. The summed E-state index contributed by atoms with van der Waals surface area (Å²) in [5.41, 5.74) is -0.307. The Hall–Kier alpha value is -3.17. The van der Waals surface area contributed by atoms with E-state index in [0.29, 0.717) is 5.91 Å². The third-order valence-corrected chi connectivity index (χ3v) is 6.21. The Balaban J connectivity index is 0.000000286. The van der Waals surface area contributed by atoms with E-state index < -0.39 is 24.3 Å². The van der Waals surface area contributed by atoms with Crippen LogP contribution in [0.4, 0.5) is 32.3 Å². The van der Waals surface area contributed by atoms with Crippen LogP contribution in [0.15, 0.2) is 18.5 Å². The number of likely N-dealkylation sites (N-methyl/N-ethyl adjacent to an activating group) is 1. The van der Waals surface area contributed by atoms with Gasteiger partial charge < -0.3 is 20.0 Å². The first-order chi connectivity index (χ1) is 17.1. The monoisotopic (exact) mass is 543 g/mol. The van der Waals surface area contributed by atoms with E-state index in [1.54, 1.807) is 12.4 Å². The zero-order chi connectivity index (χ0) is 28.0. The third-order valence-electron chi connectivity index (χ3n) is 6.21. The summed E-state index contributed by atoms with van der Waals surface area (Å²) in [7, 11) is 2.11. The molecule has 208 valence electrons. The zero-order valence-electron chi connectivity index (χ0n) is 19.8. The van der Waals surface area contributed by atoms with E-state index in [1.807, 2.05) is 6.07 Å². The van der Waals surface area contributed by atoms with Crippen LogP contribution < -0.4 is 4.90 Å². The standard InChI is InChI=1S/C17H25N5O.2C2HF3O2/c1-20-11-12-22(13-14-3-4-14)15(23)17(20)5-9-21(10-6-17)16-18-7-2-8-19-16;2*3-2(4,5)1(6)7/h2,7-8,14H,3-6,9-13H2,1H3;2*(H,6,7). The minimum atomic E-state index is -5.08. The van der Waals surface area contributed by atoms with Crippen molar-refractivity contribution in [3.8, 4) is 0 Å². The van der Waals surface area contributed by atoms with E-state index in [1.165, 1.54) is 12.8 Å². The van der Waals surface area contributed by atoms with Gasteiger partial charge in [0.2, 0.25) is 11.9 Å². The fraction of sp³-hybridized carbons (Fsp3) is 0.667. The number of halogens is 6. The van der Waals surface area contributed by atoms with Gasteiger partial charge in [0.05, 0.1) is 0 Å². The lowest BCUT2D eigenvalue weighted by Gasteiger charge is -2.51. The summed E-state index contributed by atoms with van der Waals surface area (Å²) in [6.45, 7) is 4.54. The number of alkyl halides is 6. The van der Waals surface area contributed by atoms with Crippen LogP contribution in [0.1, 0.15) is 25.7 Å². The van der Waals surface area contributed by atoms with Gasteiger partial charge in [0.25, 0.3) is 0 Å². The summed E-state index contributed by atoms with van der Waals surface area (Å²) in [5.74, 6) is -3.62. The summed E-state index contributed by atoms with van der Waals surface area (Å²) in [4.78, 5) is 46.3. The number of hydrogen-bond acceptors (Lipinski definition) is 7. The van der Waals surface area contributed by atoms with E-state index in [2.05, 4.69) is 31.7 Å². The fourth-order valence-corrected chi connectivity index (χ4v) is 3.96. The zero-order valence-corrected chi connectivity index (χ0v) is 19.8. The van der Waals surface area contributed by atoms with Gasteiger partial charge in [0.1, 0.15) is 5.54 Å². The highest BCUT2D eigenvalue weighted by atomic mass is 19.4.